The van der Waals surface area contributed by atoms with Gasteiger partial charge in [0.1, 0.15) is 4.90 Å². The van der Waals surface area contributed by atoms with Gasteiger partial charge in [-0.05, 0) is 19.4 Å². The van der Waals surface area contributed by atoms with Crippen LogP contribution in [0.4, 0.5) is 5.88 Å². The molecule has 0 aliphatic carbocycles. The molecule has 2 heterocycles. The third-order valence-electron chi connectivity index (χ3n) is 3.49. The van der Waals surface area contributed by atoms with Crippen molar-refractivity contribution in [1.29, 1.82) is 0 Å². The van der Waals surface area contributed by atoms with Crippen molar-refractivity contribution >= 4 is 15.9 Å². The molecular formula is C15H16N4O3S. The van der Waals surface area contributed by atoms with E-state index < -0.39 is 10.0 Å². The van der Waals surface area contributed by atoms with E-state index in [0.717, 1.165) is 5.56 Å². The zero-order chi connectivity index (χ0) is 16.4. The Morgan fingerprint density at radius 1 is 1.22 bits per heavy atom. The average molecular weight is 332 g/mol. The molecule has 0 radical (unpaired) electrons. The number of sulfonamides is 1. The molecule has 7 nitrogen and oxygen atoms in total. The first-order valence-corrected chi connectivity index (χ1v) is 8.46. The van der Waals surface area contributed by atoms with E-state index in [1.54, 1.807) is 18.5 Å². The fourth-order valence-electron chi connectivity index (χ4n) is 2.03. The summed E-state index contributed by atoms with van der Waals surface area (Å²) in [6.07, 6.45) is 2.79. The van der Waals surface area contributed by atoms with Crippen LogP contribution in [0.5, 0.6) is 0 Å². The highest BCUT2D eigenvalue weighted by Crippen LogP contribution is 2.21. The number of benzene rings is 1. The molecule has 23 heavy (non-hydrogen) atoms. The predicted octanol–water partition coefficient (Wildman–Crippen LogP) is 2.34. The molecule has 8 heteroatoms. The van der Waals surface area contributed by atoms with Gasteiger partial charge in [0.05, 0.1) is 18.4 Å². The van der Waals surface area contributed by atoms with E-state index in [1.807, 2.05) is 30.3 Å². The largest absolute Gasteiger partial charge is 0.337 e. The van der Waals surface area contributed by atoms with Gasteiger partial charge in [0.15, 0.2) is 0 Å². The minimum absolute atomic E-state index is 0.0712. The molecule has 2 aromatic heterocycles. The Kier molecular flexibility index (Phi) is 3.91. The Bertz CT molecular complexity index is 913. The molecule has 3 aromatic rings. The Morgan fingerprint density at radius 3 is 2.61 bits per heavy atom. The van der Waals surface area contributed by atoms with Crippen molar-refractivity contribution in [2.75, 3.05) is 4.72 Å². The van der Waals surface area contributed by atoms with Crippen molar-refractivity contribution in [2.24, 2.45) is 0 Å². The Hall–Kier alpha value is -2.61. The van der Waals surface area contributed by atoms with Gasteiger partial charge in [-0.3, -0.25) is 4.68 Å². The number of anilines is 1. The van der Waals surface area contributed by atoms with Gasteiger partial charge in [-0.15, -0.1) is 0 Å². The van der Waals surface area contributed by atoms with Gasteiger partial charge in [0, 0.05) is 11.8 Å². The summed E-state index contributed by atoms with van der Waals surface area (Å²) in [5.41, 5.74) is 2.34. The van der Waals surface area contributed by atoms with Crippen LogP contribution in [0.3, 0.4) is 0 Å². The van der Waals surface area contributed by atoms with Gasteiger partial charge in [-0.2, -0.15) is 5.10 Å². The van der Waals surface area contributed by atoms with Crippen LogP contribution in [-0.4, -0.2) is 23.4 Å². The van der Waals surface area contributed by atoms with Crippen molar-refractivity contribution in [2.45, 2.75) is 25.3 Å². The molecule has 0 aliphatic rings. The highest BCUT2D eigenvalue weighted by atomic mass is 32.2. The van der Waals surface area contributed by atoms with E-state index in [1.165, 1.54) is 12.4 Å². The molecule has 0 aliphatic heterocycles. The van der Waals surface area contributed by atoms with Gasteiger partial charge >= 0.3 is 0 Å². The van der Waals surface area contributed by atoms with E-state index >= 15 is 0 Å². The maximum absolute atomic E-state index is 12.4. The predicted molar refractivity (Wildman–Crippen MR) is 84.6 cm³/mol. The summed E-state index contributed by atoms with van der Waals surface area (Å²) in [4.78, 5) is 0.0712. The Morgan fingerprint density at radius 2 is 1.96 bits per heavy atom. The van der Waals surface area contributed by atoms with E-state index in [0.29, 0.717) is 17.8 Å². The van der Waals surface area contributed by atoms with Crippen LogP contribution in [0, 0.1) is 13.8 Å². The smallest absolute Gasteiger partial charge is 0.267 e. The van der Waals surface area contributed by atoms with Crippen molar-refractivity contribution < 1.29 is 12.9 Å². The quantitative estimate of drug-likeness (QED) is 0.774. The average Bonchev–Trinajstić information content (AvgIpc) is 3.11. The number of rotatable bonds is 5. The zero-order valence-corrected chi connectivity index (χ0v) is 13.5. The standard InChI is InChI=1S/C15H16N4O3S/c1-11-12(2)17-22-15(11)18-23(20,21)14-8-16-19(10-14)9-13-6-4-3-5-7-13/h3-8,10,18H,9H2,1-2H3. The summed E-state index contributed by atoms with van der Waals surface area (Å²) in [7, 11) is -3.76. The van der Waals surface area contributed by atoms with Gasteiger partial charge in [0.25, 0.3) is 10.0 Å². The lowest BCUT2D eigenvalue weighted by Gasteiger charge is -2.03. The fraction of sp³-hybridized carbons (Fsp3) is 0.200. The lowest BCUT2D eigenvalue weighted by atomic mass is 10.2. The first-order chi connectivity index (χ1) is 11.0. The first-order valence-electron chi connectivity index (χ1n) is 6.98. The fourth-order valence-corrected chi connectivity index (χ4v) is 3.03. The number of aromatic nitrogens is 3. The number of hydrogen-bond acceptors (Lipinski definition) is 5. The Balaban J connectivity index is 1.80. The van der Waals surface area contributed by atoms with Crippen molar-refractivity contribution in [3.63, 3.8) is 0 Å². The normalized spacial score (nSPS) is 11.6. The molecule has 1 N–H and O–H groups in total. The summed E-state index contributed by atoms with van der Waals surface area (Å²) >= 11 is 0. The second-order valence-electron chi connectivity index (χ2n) is 5.19. The SMILES string of the molecule is Cc1noc(NS(=O)(=O)c2cnn(Cc3ccccc3)c2)c1C. The molecule has 0 unspecified atom stereocenters. The second-order valence-corrected chi connectivity index (χ2v) is 6.87. The lowest BCUT2D eigenvalue weighted by molar-refractivity contribution is 0.430. The molecule has 0 amide bonds. The summed E-state index contributed by atoms with van der Waals surface area (Å²) in [6, 6.07) is 9.68. The van der Waals surface area contributed by atoms with E-state index in [4.69, 9.17) is 4.52 Å². The van der Waals surface area contributed by atoms with Crippen LogP contribution in [-0.2, 0) is 16.6 Å². The Labute approximate surface area is 134 Å². The van der Waals surface area contributed by atoms with Crippen molar-refractivity contribution in [1.82, 2.24) is 14.9 Å². The molecule has 1 aromatic carbocycles. The first kappa shape index (κ1) is 15.3. The number of hydrogen-bond donors (Lipinski definition) is 1. The monoisotopic (exact) mass is 332 g/mol. The molecule has 0 bridgehead atoms. The molecule has 0 saturated carbocycles. The molecule has 0 spiro atoms. The minimum atomic E-state index is -3.76. The maximum atomic E-state index is 12.4. The third-order valence-corrected chi connectivity index (χ3v) is 4.78. The molecule has 0 fully saturated rings. The lowest BCUT2D eigenvalue weighted by Crippen LogP contribution is -2.12. The number of aryl methyl sites for hydroxylation is 1. The van der Waals surface area contributed by atoms with Crippen LogP contribution in [0.2, 0.25) is 0 Å². The van der Waals surface area contributed by atoms with E-state index in [-0.39, 0.29) is 10.8 Å². The van der Waals surface area contributed by atoms with Gasteiger partial charge in [-0.1, -0.05) is 35.5 Å². The molecule has 0 saturated heterocycles. The molecule has 0 atom stereocenters. The molecule has 3 rings (SSSR count). The second kappa shape index (κ2) is 5.88. The summed E-state index contributed by atoms with van der Waals surface area (Å²) in [5.74, 6) is 0.123. The number of nitrogens with one attached hydrogen (secondary N) is 1. The van der Waals surface area contributed by atoms with Crippen LogP contribution in [0.15, 0.2) is 52.1 Å². The number of nitrogens with zero attached hydrogens (tertiary/aromatic N) is 3. The maximum Gasteiger partial charge on any atom is 0.267 e. The van der Waals surface area contributed by atoms with E-state index in [9.17, 15) is 8.42 Å². The van der Waals surface area contributed by atoms with Crippen LogP contribution in [0.1, 0.15) is 16.8 Å². The van der Waals surface area contributed by atoms with Crippen molar-refractivity contribution in [3.8, 4) is 0 Å². The van der Waals surface area contributed by atoms with Crippen molar-refractivity contribution in [3.05, 3.63) is 59.5 Å². The van der Waals surface area contributed by atoms with Crippen LogP contribution >= 0.6 is 0 Å². The van der Waals surface area contributed by atoms with Crippen LogP contribution in [0.25, 0.3) is 0 Å². The van der Waals surface area contributed by atoms with Crippen LogP contribution < -0.4 is 4.72 Å². The third kappa shape index (κ3) is 3.26. The zero-order valence-electron chi connectivity index (χ0n) is 12.7. The highest BCUT2D eigenvalue weighted by Gasteiger charge is 2.20. The summed E-state index contributed by atoms with van der Waals surface area (Å²) in [6.45, 7) is 3.98. The summed E-state index contributed by atoms with van der Waals surface area (Å²) in [5, 5.41) is 7.83. The van der Waals surface area contributed by atoms with Gasteiger partial charge in [0.2, 0.25) is 5.88 Å². The van der Waals surface area contributed by atoms with Gasteiger partial charge in [-0.25, -0.2) is 13.1 Å². The van der Waals surface area contributed by atoms with E-state index in [2.05, 4.69) is 15.0 Å². The molecule has 120 valence electrons. The topological polar surface area (TPSA) is 90.0 Å². The summed E-state index contributed by atoms with van der Waals surface area (Å²) < 4.78 is 33.7. The minimum Gasteiger partial charge on any atom is -0.337 e. The van der Waals surface area contributed by atoms with Gasteiger partial charge < -0.3 is 4.52 Å². The molecular weight excluding hydrogens is 316 g/mol. The highest BCUT2D eigenvalue weighted by molar-refractivity contribution is 7.92.